The molecule has 0 saturated carbocycles. The van der Waals surface area contributed by atoms with E-state index in [9.17, 15) is 17.6 Å². The van der Waals surface area contributed by atoms with E-state index in [0.29, 0.717) is 28.9 Å². The van der Waals surface area contributed by atoms with Gasteiger partial charge in [-0.05, 0) is 48.9 Å². The molecule has 1 heterocycles. The molecule has 2 aromatic carbocycles. The Kier molecular flexibility index (Phi) is 4.73. The van der Waals surface area contributed by atoms with E-state index in [4.69, 9.17) is 0 Å². The molecule has 0 aliphatic heterocycles. The molecular formula is C19H17FN2O3S. The van der Waals surface area contributed by atoms with Crippen molar-refractivity contribution >= 4 is 9.84 Å². The third-order valence-corrected chi connectivity index (χ3v) is 5.14. The summed E-state index contributed by atoms with van der Waals surface area (Å²) in [6.07, 6.45) is 1.13. The van der Waals surface area contributed by atoms with Gasteiger partial charge < -0.3 is 0 Å². The second-order valence-corrected chi connectivity index (χ2v) is 7.88. The first-order chi connectivity index (χ1) is 12.3. The lowest BCUT2D eigenvalue weighted by molar-refractivity contribution is 0.602. The largest absolute Gasteiger partial charge is 0.268 e. The van der Waals surface area contributed by atoms with Crippen LogP contribution in [0.25, 0.3) is 22.4 Å². The molecule has 1 aromatic heterocycles. The maximum atomic E-state index is 13.3. The maximum absolute atomic E-state index is 13.3. The number of benzene rings is 2. The molecule has 0 atom stereocenters. The Morgan fingerprint density at radius 2 is 1.58 bits per heavy atom. The van der Waals surface area contributed by atoms with Crippen molar-refractivity contribution in [1.82, 2.24) is 9.78 Å². The van der Waals surface area contributed by atoms with Crippen LogP contribution in [0, 0.1) is 5.82 Å². The Balaban J connectivity index is 2.21. The Labute approximate surface area is 150 Å². The van der Waals surface area contributed by atoms with Crippen LogP contribution in [0.5, 0.6) is 0 Å². The van der Waals surface area contributed by atoms with Gasteiger partial charge in [0.2, 0.25) is 0 Å². The number of sulfone groups is 1. The molecule has 3 aromatic rings. The topological polar surface area (TPSA) is 69.0 Å². The molecule has 0 spiro atoms. The van der Waals surface area contributed by atoms with Crippen LogP contribution in [0.4, 0.5) is 4.39 Å². The number of hydrogen-bond acceptors (Lipinski definition) is 4. The summed E-state index contributed by atoms with van der Waals surface area (Å²) < 4.78 is 37.9. The van der Waals surface area contributed by atoms with Gasteiger partial charge in [0.15, 0.2) is 9.84 Å². The number of halogens is 1. The van der Waals surface area contributed by atoms with Crippen LogP contribution in [0.1, 0.15) is 6.92 Å². The molecular weight excluding hydrogens is 355 g/mol. The van der Waals surface area contributed by atoms with Crippen molar-refractivity contribution in [2.24, 2.45) is 0 Å². The monoisotopic (exact) mass is 372 g/mol. The molecule has 0 aliphatic carbocycles. The number of nitrogens with zero attached hydrogens (tertiary/aromatic N) is 2. The molecule has 134 valence electrons. The molecule has 0 bridgehead atoms. The van der Waals surface area contributed by atoms with Gasteiger partial charge in [0.05, 0.1) is 10.6 Å². The summed E-state index contributed by atoms with van der Waals surface area (Å²) in [5.41, 5.74) is 2.14. The summed E-state index contributed by atoms with van der Waals surface area (Å²) in [5.74, 6) is -0.364. The van der Waals surface area contributed by atoms with Crippen molar-refractivity contribution in [3.63, 3.8) is 0 Å². The molecule has 0 radical (unpaired) electrons. The van der Waals surface area contributed by atoms with Crippen LogP contribution in [0.15, 0.2) is 64.3 Å². The van der Waals surface area contributed by atoms with Gasteiger partial charge in [-0.25, -0.2) is 17.5 Å². The normalized spacial score (nSPS) is 11.5. The summed E-state index contributed by atoms with van der Waals surface area (Å²) in [6.45, 7) is 2.21. The van der Waals surface area contributed by atoms with Crippen molar-refractivity contribution < 1.29 is 12.8 Å². The Bertz CT molecular complexity index is 1100. The summed E-state index contributed by atoms with van der Waals surface area (Å²) in [6, 6.07) is 13.6. The van der Waals surface area contributed by atoms with Crippen LogP contribution in [0.3, 0.4) is 0 Å². The smallest absolute Gasteiger partial charge is 0.267 e. The number of hydrogen-bond donors (Lipinski definition) is 0. The lowest BCUT2D eigenvalue weighted by Gasteiger charge is -2.12. The van der Waals surface area contributed by atoms with Crippen molar-refractivity contribution in [2.45, 2.75) is 18.4 Å². The standard InChI is InChI=1S/C19H17FN2O3S/c1-3-22-18(23)12-17(13-6-10-16(11-7-13)26(2,24)25)19(21-22)14-4-8-15(20)9-5-14/h4-12H,3H2,1-2H3. The molecule has 0 amide bonds. The first-order valence-corrected chi connectivity index (χ1v) is 9.87. The summed E-state index contributed by atoms with van der Waals surface area (Å²) in [4.78, 5) is 12.4. The van der Waals surface area contributed by atoms with E-state index in [-0.39, 0.29) is 16.3 Å². The molecule has 0 aliphatic rings. The Morgan fingerprint density at radius 1 is 1.00 bits per heavy atom. The van der Waals surface area contributed by atoms with E-state index < -0.39 is 9.84 Å². The average molecular weight is 372 g/mol. The van der Waals surface area contributed by atoms with Gasteiger partial charge in [0, 0.05) is 30.0 Å². The zero-order valence-corrected chi connectivity index (χ0v) is 15.1. The molecule has 3 rings (SSSR count). The summed E-state index contributed by atoms with van der Waals surface area (Å²) in [5, 5.41) is 4.40. The minimum atomic E-state index is -3.31. The summed E-state index contributed by atoms with van der Waals surface area (Å²) in [7, 11) is -3.31. The molecule has 0 saturated heterocycles. The van der Waals surface area contributed by atoms with E-state index in [2.05, 4.69) is 5.10 Å². The van der Waals surface area contributed by atoms with E-state index in [1.54, 1.807) is 24.3 Å². The number of rotatable bonds is 4. The van der Waals surface area contributed by atoms with Gasteiger partial charge in [-0.3, -0.25) is 4.79 Å². The first kappa shape index (κ1) is 18.0. The fourth-order valence-electron chi connectivity index (χ4n) is 2.64. The van der Waals surface area contributed by atoms with Gasteiger partial charge >= 0.3 is 0 Å². The van der Waals surface area contributed by atoms with Gasteiger partial charge in [-0.1, -0.05) is 12.1 Å². The van der Waals surface area contributed by atoms with Gasteiger partial charge in [0.1, 0.15) is 5.82 Å². The second-order valence-electron chi connectivity index (χ2n) is 5.86. The Hall–Kier alpha value is -2.80. The van der Waals surface area contributed by atoms with Crippen LogP contribution < -0.4 is 5.56 Å². The minimum absolute atomic E-state index is 0.194. The van der Waals surface area contributed by atoms with Crippen molar-refractivity contribution in [1.29, 1.82) is 0 Å². The van der Waals surface area contributed by atoms with Crippen LogP contribution in [-0.4, -0.2) is 24.5 Å². The third-order valence-electron chi connectivity index (χ3n) is 4.01. The highest BCUT2D eigenvalue weighted by Gasteiger charge is 2.14. The highest BCUT2D eigenvalue weighted by molar-refractivity contribution is 7.90. The zero-order chi connectivity index (χ0) is 18.9. The zero-order valence-electron chi connectivity index (χ0n) is 14.3. The highest BCUT2D eigenvalue weighted by Crippen LogP contribution is 2.30. The van der Waals surface area contributed by atoms with Crippen LogP contribution >= 0.6 is 0 Å². The lowest BCUT2D eigenvalue weighted by Crippen LogP contribution is -2.22. The molecule has 7 heteroatoms. The summed E-state index contributed by atoms with van der Waals surface area (Å²) >= 11 is 0. The van der Waals surface area contributed by atoms with Crippen molar-refractivity contribution in [2.75, 3.05) is 6.26 Å². The Morgan fingerprint density at radius 3 is 2.12 bits per heavy atom. The van der Waals surface area contributed by atoms with Crippen LogP contribution in [-0.2, 0) is 16.4 Å². The fourth-order valence-corrected chi connectivity index (χ4v) is 3.27. The molecule has 0 unspecified atom stereocenters. The van der Waals surface area contributed by atoms with Crippen molar-refractivity contribution in [3.8, 4) is 22.4 Å². The quantitative estimate of drug-likeness (QED) is 0.706. The molecule has 5 nitrogen and oxygen atoms in total. The SMILES string of the molecule is CCn1nc(-c2ccc(F)cc2)c(-c2ccc(S(C)(=O)=O)cc2)cc1=O. The van der Waals surface area contributed by atoms with Gasteiger partial charge in [-0.15, -0.1) is 0 Å². The third kappa shape index (κ3) is 3.57. The molecule has 26 heavy (non-hydrogen) atoms. The number of aromatic nitrogens is 2. The molecule has 0 fully saturated rings. The number of aryl methyl sites for hydroxylation is 1. The average Bonchev–Trinajstić information content (AvgIpc) is 2.62. The highest BCUT2D eigenvalue weighted by atomic mass is 32.2. The second kappa shape index (κ2) is 6.84. The van der Waals surface area contributed by atoms with E-state index in [1.165, 1.54) is 35.0 Å². The van der Waals surface area contributed by atoms with E-state index in [1.807, 2.05) is 6.92 Å². The maximum Gasteiger partial charge on any atom is 0.267 e. The fraction of sp³-hybridized carbons (Fsp3) is 0.158. The minimum Gasteiger partial charge on any atom is -0.268 e. The van der Waals surface area contributed by atoms with Crippen LogP contribution in [0.2, 0.25) is 0 Å². The van der Waals surface area contributed by atoms with E-state index >= 15 is 0 Å². The van der Waals surface area contributed by atoms with Crippen molar-refractivity contribution in [3.05, 3.63) is 70.8 Å². The first-order valence-electron chi connectivity index (χ1n) is 7.98. The lowest BCUT2D eigenvalue weighted by atomic mass is 10.00. The van der Waals surface area contributed by atoms with E-state index in [0.717, 1.165) is 6.26 Å². The molecule has 0 N–H and O–H groups in total. The predicted octanol–water partition coefficient (Wildman–Crippen LogP) is 3.14. The predicted molar refractivity (Wildman–Crippen MR) is 98.1 cm³/mol. The van der Waals surface area contributed by atoms with Gasteiger partial charge in [-0.2, -0.15) is 5.10 Å². The van der Waals surface area contributed by atoms with Gasteiger partial charge in [0.25, 0.3) is 5.56 Å².